The van der Waals surface area contributed by atoms with Gasteiger partial charge in [0, 0.05) is 45.0 Å². The summed E-state index contributed by atoms with van der Waals surface area (Å²) in [4.78, 5) is 19.1. The normalized spacial score (nSPS) is 10.2. The largest absolute Gasteiger partial charge is 0.512 e. The molecule has 1 radical (unpaired) electrons. The van der Waals surface area contributed by atoms with Gasteiger partial charge in [-0.15, -0.1) is 0 Å². The number of aliphatic hydroxyl groups is 1. The molecule has 0 saturated carbocycles. The van der Waals surface area contributed by atoms with Crippen LogP contribution in [0.5, 0.6) is 0 Å². The van der Waals surface area contributed by atoms with Crippen molar-refractivity contribution < 1.29 is 30.0 Å². The van der Waals surface area contributed by atoms with Crippen molar-refractivity contribution in [1.82, 2.24) is 9.97 Å². The van der Waals surface area contributed by atoms with Crippen molar-refractivity contribution in [2.45, 2.75) is 19.8 Å². The Hall–Kier alpha value is -2.88. The Labute approximate surface area is 185 Å². The van der Waals surface area contributed by atoms with E-state index in [-0.39, 0.29) is 31.6 Å². The number of carbonyl (C=O) groups excluding carboxylic acids is 1. The molecule has 5 heteroatoms. The summed E-state index contributed by atoms with van der Waals surface area (Å²) in [6.45, 7) is 5.11. The van der Waals surface area contributed by atoms with E-state index in [2.05, 4.69) is 16.5 Å². The molecule has 0 aliphatic rings. The fourth-order valence-electron chi connectivity index (χ4n) is 2.43. The Kier molecular flexibility index (Phi) is 11.1. The van der Waals surface area contributed by atoms with Gasteiger partial charge in [0.05, 0.1) is 17.1 Å². The first kappa shape index (κ1) is 24.2. The molecule has 151 valence electrons. The van der Waals surface area contributed by atoms with Crippen LogP contribution in [0.15, 0.2) is 91.5 Å². The van der Waals surface area contributed by atoms with E-state index in [1.807, 2.05) is 60.7 Å². The molecule has 0 saturated heterocycles. The molecule has 0 unspecified atom stereocenters. The van der Waals surface area contributed by atoms with Gasteiger partial charge < -0.3 is 5.11 Å². The molecule has 0 aliphatic carbocycles. The third kappa shape index (κ3) is 9.24. The zero-order chi connectivity index (χ0) is 20.2. The van der Waals surface area contributed by atoms with Crippen LogP contribution in [0.4, 0.5) is 0 Å². The zero-order valence-electron chi connectivity index (χ0n) is 16.3. The molecule has 3 rings (SSSR count). The topological polar surface area (TPSA) is 63.1 Å². The van der Waals surface area contributed by atoms with E-state index in [4.69, 9.17) is 0 Å². The summed E-state index contributed by atoms with van der Waals surface area (Å²) in [7, 11) is 0. The maximum Gasteiger partial charge on any atom is 0.155 e. The second-order valence-corrected chi connectivity index (χ2v) is 6.12. The van der Waals surface area contributed by atoms with Crippen molar-refractivity contribution in [1.29, 1.82) is 0 Å². The molecule has 29 heavy (non-hydrogen) atoms. The third-order valence-corrected chi connectivity index (χ3v) is 3.85. The minimum Gasteiger partial charge on any atom is -0.512 e. The Bertz CT molecular complexity index is 871. The Morgan fingerprint density at radius 1 is 0.966 bits per heavy atom. The van der Waals surface area contributed by atoms with Gasteiger partial charge in [0.1, 0.15) is 0 Å². The smallest absolute Gasteiger partial charge is 0.155 e. The summed E-state index contributed by atoms with van der Waals surface area (Å²) in [5.74, 6) is 0.0137. The van der Waals surface area contributed by atoms with Crippen LogP contribution in [0, 0.1) is 0 Å². The number of aryl methyl sites for hydroxylation is 1. The van der Waals surface area contributed by atoms with Crippen molar-refractivity contribution in [3.05, 3.63) is 103 Å². The number of aromatic nitrogens is 2. The average Bonchev–Trinajstić information content (AvgIpc) is 2.74. The van der Waals surface area contributed by atoms with Gasteiger partial charge in [0.2, 0.25) is 0 Å². The quantitative estimate of drug-likeness (QED) is 0.320. The average molecular weight is 565 g/mol. The molecule has 1 N–H and O–H groups in total. The van der Waals surface area contributed by atoms with E-state index in [9.17, 15) is 9.90 Å². The number of carbonyl (C=O) groups is 1. The van der Waals surface area contributed by atoms with E-state index in [1.165, 1.54) is 13.0 Å². The Balaban J connectivity index is 0.000000289. The van der Waals surface area contributed by atoms with Crippen LogP contribution in [0.1, 0.15) is 24.5 Å². The number of aliphatic hydroxyl groups excluding tert-OH is 1. The summed E-state index contributed by atoms with van der Waals surface area (Å²) < 4.78 is 0. The van der Waals surface area contributed by atoms with Crippen molar-refractivity contribution >= 4 is 11.9 Å². The van der Waals surface area contributed by atoms with Crippen molar-refractivity contribution in [2.24, 2.45) is 0 Å². The van der Waals surface area contributed by atoms with E-state index in [1.54, 1.807) is 18.5 Å². The van der Waals surface area contributed by atoms with Gasteiger partial charge in [0.15, 0.2) is 5.78 Å². The van der Waals surface area contributed by atoms with Crippen molar-refractivity contribution in [3.8, 4) is 11.4 Å². The van der Waals surface area contributed by atoms with Gasteiger partial charge in [-0.25, -0.2) is 0 Å². The number of allylic oxidation sites excluding steroid dienone is 2. The Morgan fingerprint density at radius 2 is 1.52 bits per heavy atom. The molecule has 0 bridgehead atoms. The number of benzene rings is 1. The van der Waals surface area contributed by atoms with Gasteiger partial charge >= 0.3 is 0 Å². The second-order valence-electron chi connectivity index (χ2n) is 6.12. The molecular formula is C24H24IrN2O2. The number of hydrogen-bond donors (Lipinski definition) is 1. The van der Waals surface area contributed by atoms with E-state index in [0.29, 0.717) is 6.42 Å². The first-order valence-electron chi connectivity index (χ1n) is 9.02. The van der Waals surface area contributed by atoms with Crippen LogP contribution >= 0.6 is 0 Å². The minimum atomic E-state index is -0.125. The number of nitrogens with zero attached hydrogens (tertiary/aromatic N) is 2. The van der Waals surface area contributed by atoms with Gasteiger partial charge in [-0.3, -0.25) is 14.8 Å². The summed E-state index contributed by atoms with van der Waals surface area (Å²) in [6.07, 6.45) is 7.81. The molecule has 0 aliphatic heterocycles. The molecule has 0 spiro atoms. The van der Waals surface area contributed by atoms with Crippen LogP contribution in [0.3, 0.4) is 0 Å². The standard InChI is InChI=1S/C14H16O2.C10H8N2.Ir/c1-3-12-4-6-13(7-5-12)8-9-14(16)10-11(2)15;1-3-7-11-9(5-1)10-6-2-4-8-12-10;/h3-7,10,16H,1,8-9H2,2H3;1-8H;. The van der Waals surface area contributed by atoms with Gasteiger partial charge in [0.25, 0.3) is 0 Å². The molecule has 2 aromatic heterocycles. The fraction of sp³-hybridized carbons (Fsp3) is 0.125. The van der Waals surface area contributed by atoms with Crippen molar-refractivity contribution in [2.75, 3.05) is 0 Å². The predicted octanol–water partition coefficient (Wildman–Crippen LogP) is 5.43. The third-order valence-electron chi connectivity index (χ3n) is 3.85. The summed E-state index contributed by atoms with van der Waals surface area (Å²) >= 11 is 0. The van der Waals surface area contributed by atoms with Crippen LogP contribution in [-0.2, 0) is 31.3 Å². The summed E-state index contributed by atoms with van der Waals surface area (Å²) in [6, 6.07) is 19.6. The monoisotopic (exact) mass is 565 g/mol. The first-order chi connectivity index (χ1) is 13.6. The van der Waals surface area contributed by atoms with Gasteiger partial charge in [-0.1, -0.05) is 49.1 Å². The van der Waals surface area contributed by atoms with Crippen LogP contribution in [-0.4, -0.2) is 20.9 Å². The summed E-state index contributed by atoms with van der Waals surface area (Å²) in [5.41, 5.74) is 4.04. The van der Waals surface area contributed by atoms with Crippen LogP contribution < -0.4 is 0 Å². The maximum atomic E-state index is 10.7. The number of hydrogen-bond acceptors (Lipinski definition) is 4. The van der Waals surface area contributed by atoms with Crippen LogP contribution in [0.2, 0.25) is 0 Å². The molecule has 3 aromatic rings. The predicted molar refractivity (Wildman–Crippen MR) is 114 cm³/mol. The first-order valence-corrected chi connectivity index (χ1v) is 9.02. The zero-order valence-corrected chi connectivity index (χ0v) is 18.7. The second kappa shape index (κ2) is 13.3. The molecular weight excluding hydrogens is 540 g/mol. The van der Waals surface area contributed by atoms with Gasteiger partial charge in [-0.05, 0) is 48.7 Å². The molecule has 1 aromatic carbocycles. The van der Waals surface area contributed by atoms with E-state index in [0.717, 1.165) is 28.9 Å². The molecule has 0 amide bonds. The molecule has 0 atom stereocenters. The van der Waals surface area contributed by atoms with Crippen LogP contribution in [0.25, 0.3) is 17.5 Å². The SMILES string of the molecule is C=Cc1ccc(CCC(O)=CC(C)=O)cc1.[Ir].c1ccc(-c2ccccn2)nc1. The number of rotatable bonds is 6. The molecule has 4 nitrogen and oxygen atoms in total. The summed E-state index contributed by atoms with van der Waals surface area (Å²) in [5, 5.41) is 9.41. The fourth-order valence-corrected chi connectivity index (χ4v) is 2.43. The molecule has 0 fully saturated rings. The molecule has 2 heterocycles. The van der Waals surface area contributed by atoms with Crippen molar-refractivity contribution in [3.63, 3.8) is 0 Å². The maximum absolute atomic E-state index is 10.7. The van der Waals surface area contributed by atoms with E-state index < -0.39 is 0 Å². The van der Waals surface area contributed by atoms with Gasteiger partial charge in [-0.2, -0.15) is 0 Å². The number of pyridine rings is 2. The number of ketones is 1. The van der Waals surface area contributed by atoms with E-state index >= 15 is 0 Å². The minimum absolute atomic E-state index is 0. The Morgan fingerprint density at radius 3 is 1.93 bits per heavy atom.